The van der Waals surface area contributed by atoms with Gasteiger partial charge in [-0.25, -0.2) is 19.0 Å². The molecule has 2 atom stereocenters. The lowest BCUT2D eigenvalue weighted by Gasteiger charge is -2.37. The number of imidazole rings is 1. The minimum atomic E-state index is -1.09. The van der Waals surface area contributed by atoms with Gasteiger partial charge in [0, 0.05) is 67.1 Å². The average molecular weight is 691 g/mol. The number of hydrogen-bond acceptors (Lipinski definition) is 8. The molecule has 0 bridgehead atoms. The van der Waals surface area contributed by atoms with Crippen LogP contribution in [-0.2, 0) is 28.4 Å². The Morgan fingerprint density at radius 3 is 2.25 bits per heavy atom. The van der Waals surface area contributed by atoms with Crippen molar-refractivity contribution in [1.29, 1.82) is 0 Å². The Morgan fingerprint density at radius 1 is 0.917 bits per heavy atom. The molecule has 2 fully saturated rings. The summed E-state index contributed by atoms with van der Waals surface area (Å²) in [6.45, 7) is 7.27. The maximum Gasteiger partial charge on any atom is 0.350 e. The molecule has 11 nitrogen and oxygen atoms in total. The fraction of sp³-hybridized carbons (Fsp3) is 0.343. The van der Waals surface area contributed by atoms with E-state index in [0.29, 0.717) is 41.9 Å². The lowest BCUT2D eigenvalue weighted by Crippen LogP contribution is -2.46. The Kier molecular flexibility index (Phi) is 9.45. The van der Waals surface area contributed by atoms with Crippen LogP contribution in [0.15, 0.2) is 96.6 Å². The molecule has 48 heavy (non-hydrogen) atoms. The summed E-state index contributed by atoms with van der Waals surface area (Å²) in [7, 11) is 0. The number of rotatable bonds is 11. The number of nitrogens with zero attached hydrogens (tertiary/aromatic N) is 7. The number of piperazine rings is 1. The monoisotopic (exact) mass is 689 g/mol. The lowest BCUT2D eigenvalue weighted by molar-refractivity contribution is -0.189. The van der Waals surface area contributed by atoms with E-state index in [1.807, 2.05) is 48.0 Å². The second-order valence-electron chi connectivity index (χ2n) is 12.0. The average Bonchev–Trinajstić information content (AvgIpc) is 3.86. The number of benzene rings is 3. The molecular formula is C35H37Cl2N7O4. The highest BCUT2D eigenvalue weighted by atomic mass is 35.5. The van der Waals surface area contributed by atoms with Crippen LogP contribution in [0.1, 0.15) is 18.9 Å². The second-order valence-corrected chi connectivity index (χ2v) is 12.8. The molecule has 3 aromatic carbocycles. The van der Waals surface area contributed by atoms with Crippen molar-refractivity contribution < 1.29 is 14.2 Å². The first-order valence-electron chi connectivity index (χ1n) is 16.1. The van der Waals surface area contributed by atoms with Gasteiger partial charge in [-0.3, -0.25) is 0 Å². The van der Waals surface area contributed by atoms with Gasteiger partial charge in [0.25, 0.3) is 0 Å². The summed E-state index contributed by atoms with van der Waals surface area (Å²) < 4.78 is 23.9. The van der Waals surface area contributed by atoms with Gasteiger partial charge in [-0.1, -0.05) is 36.2 Å². The van der Waals surface area contributed by atoms with Gasteiger partial charge in [0.1, 0.15) is 24.8 Å². The summed E-state index contributed by atoms with van der Waals surface area (Å²) in [4.78, 5) is 21.5. The third kappa shape index (κ3) is 6.82. The molecule has 0 amide bonds. The summed E-state index contributed by atoms with van der Waals surface area (Å²) in [6.07, 6.45) is 7.44. The van der Waals surface area contributed by atoms with Crippen LogP contribution in [0.3, 0.4) is 0 Å². The third-order valence-corrected chi connectivity index (χ3v) is 9.28. The van der Waals surface area contributed by atoms with Crippen LogP contribution in [0, 0.1) is 0 Å². The van der Waals surface area contributed by atoms with Crippen molar-refractivity contribution in [1.82, 2.24) is 23.9 Å². The van der Waals surface area contributed by atoms with Crippen molar-refractivity contribution in [3.05, 3.63) is 118 Å². The highest BCUT2D eigenvalue weighted by Crippen LogP contribution is 2.40. The number of anilines is 2. The zero-order chi connectivity index (χ0) is 33.1. The quantitative estimate of drug-likeness (QED) is 0.177. The summed E-state index contributed by atoms with van der Waals surface area (Å²) in [6, 6.07) is 21.6. The zero-order valence-electron chi connectivity index (χ0n) is 26.6. The molecular weight excluding hydrogens is 653 g/mol. The van der Waals surface area contributed by atoms with Crippen LogP contribution in [0.4, 0.5) is 11.4 Å². The molecule has 2 saturated heterocycles. The van der Waals surface area contributed by atoms with Gasteiger partial charge in [-0.05, 0) is 67.1 Å². The minimum absolute atomic E-state index is 0.112. The molecule has 2 aromatic heterocycles. The van der Waals surface area contributed by atoms with E-state index in [0.717, 1.165) is 55.4 Å². The van der Waals surface area contributed by atoms with Crippen LogP contribution in [0.2, 0.25) is 10.0 Å². The fourth-order valence-electron chi connectivity index (χ4n) is 6.24. The Bertz CT molecular complexity index is 1870. The van der Waals surface area contributed by atoms with Gasteiger partial charge in [0.05, 0.1) is 30.2 Å². The predicted octanol–water partition coefficient (Wildman–Crippen LogP) is 5.62. The van der Waals surface area contributed by atoms with Crippen molar-refractivity contribution in [3.63, 3.8) is 0 Å². The van der Waals surface area contributed by atoms with Gasteiger partial charge in [0.15, 0.2) is 0 Å². The second kappa shape index (κ2) is 14.1. The van der Waals surface area contributed by atoms with Crippen molar-refractivity contribution in [3.8, 4) is 11.4 Å². The van der Waals surface area contributed by atoms with Gasteiger partial charge in [-0.15, -0.1) is 0 Å². The molecule has 2 aliphatic heterocycles. The molecule has 7 rings (SSSR count). The molecule has 0 aliphatic carbocycles. The number of aryl methyl sites for hydroxylation is 1. The van der Waals surface area contributed by atoms with Crippen LogP contribution >= 0.6 is 23.2 Å². The van der Waals surface area contributed by atoms with E-state index in [1.165, 1.54) is 4.68 Å². The first-order chi connectivity index (χ1) is 23.4. The van der Waals surface area contributed by atoms with E-state index < -0.39 is 5.79 Å². The van der Waals surface area contributed by atoms with Crippen LogP contribution in [-0.4, -0.2) is 69.4 Å². The molecule has 4 heterocycles. The Labute approximate surface area is 288 Å². The van der Waals surface area contributed by atoms with E-state index in [-0.39, 0.29) is 11.8 Å². The largest absolute Gasteiger partial charge is 0.491 e. The highest BCUT2D eigenvalue weighted by molar-refractivity contribution is 6.35. The number of ether oxygens (including phenoxy) is 3. The summed E-state index contributed by atoms with van der Waals surface area (Å²) >= 11 is 12.8. The van der Waals surface area contributed by atoms with E-state index >= 15 is 0 Å². The number of halogens is 2. The van der Waals surface area contributed by atoms with E-state index in [2.05, 4.69) is 44.1 Å². The molecule has 5 aromatic rings. The van der Waals surface area contributed by atoms with Crippen molar-refractivity contribution in [2.75, 3.05) is 49.2 Å². The highest BCUT2D eigenvalue weighted by Gasteiger charge is 2.45. The van der Waals surface area contributed by atoms with Crippen LogP contribution in [0.5, 0.6) is 5.75 Å². The minimum Gasteiger partial charge on any atom is -0.491 e. The van der Waals surface area contributed by atoms with Gasteiger partial charge >= 0.3 is 5.69 Å². The van der Waals surface area contributed by atoms with Crippen molar-refractivity contribution in [2.24, 2.45) is 0 Å². The lowest BCUT2D eigenvalue weighted by atomic mass is 10.1. The zero-order valence-corrected chi connectivity index (χ0v) is 28.1. The Balaban J connectivity index is 0.925. The molecule has 0 radical (unpaired) electrons. The van der Waals surface area contributed by atoms with Gasteiger partial charge in [-0.2, -0.15) is 5.10 Å². The first-order valence-corrected chi connectivity index (χ1v) is 16.9. The Hall–Kier alpha value is -4.29. The van der Waals surface area contributed by atoms with Crippen molar-refractivity contribution in [2.45, 2.75) is 38.3 Å². The maximum atomic E-state index is 12.6. The number of aromatic nitrogens is 5. The predicted molar refractivity (Wildman–Crippen MR) is 186 cm³/mol. The van der Waals surface area contributed by atoms with Gasteiger partial charge < -0.3 is 28.6 Å². The smallest absolute Gasteiger partial charge is 0.350 e. The number of hydrogen-bond donors (Lipinski definition) is 0. The van der Waals surface area contributed by atoms with E-state index in [1.54, 1.807) is 35.6 Å². The Morgan fingerprint density at radius 2 is 1.60 bits per heavy atom. The molecule has 1 unspecified atom stereocenters. The molecule has 0 saturated carbocycles. The van der Waals surface area contributed by atoms with E-state index in [4.69, 9.17) is 37.4 Å². The molecule has 0 spiro atoms. The van der Waals surface area contributed by atoms with Gasteiger partial charge in [0.2, 0.25) is 5.79 Å². The standard InChI is InChI=1S/C35H37Cl2N7O4/c1-2-14-44-34(45)43(25-39-44)29-6-4-27(5-7-29)41-16-18-42(19-17-41)28-8-10-30(11-9-28)46-21-31-22-47-35(48-31,23-40-15-13-38-24-40)32-12-3-26(36)20-33(32)37/h3-13,15,20,24-25,31H,2,14,16-19,21-23H2,1H3/t31-,35?/m1/s1. The SMILES string of the molecule is CCCn1ncn(-c2ccc(N3CCN(c4ccc(OC[C@@H]5COC(Cn6ccnc6)(c6ccc(Cl)cc6Cl)O5)cc4)CC3)cc2)c1=O. The molecule has 0 N–H and O–H groups in total. The van der Waals surface area contributed by atoms with Crippen LogP contribution < -0.4 is 20.2 Å². The van der Waals surface area contributed by atoms with Crippen LogP contribution in [0.25, 0.3) is 5.69 Å². The normalized spacial score (nSPS) is 19.6. The molecule has 2 aliphatic rings. The molecule has 13 heteroatoms. The van der Waals surface area contributed by atoms with Crippen molar-refractivity contribution >= 4 is 34.6 Å². The summed E-state index contributed by atoms with van der Waals surface area (Å²) in [5, 5.41) is 5.24. The topological polar surface area (TPSA) is 91.8 Å². The molecule has 250 valence electrons. The maximum absolute atomic E-state index is 12.6. The first kappa shape index (κ1) is 32.3. The summed E-state index contributed by atoms with van der Waals surface area (Å²) in [5.74, 6) is -0.334. The fourth-order valence-corrected chi connectivity index (χ4v) is 6.80. The summed E-state index contributed by atoms with van der Waals surface area (Å²) in [5.41, 5.74) is 3.70. The van der Waals surface area contributed by atoms with E-state index in [9.17, 15) is 4.79 Å². The third-order valence-electron chi connectivity index (χ3n) is 8.73.